The number of hydrogen-bond acceptors (Lipinski definition) is 3. The summed E-state index contributed by atoms with van der Waals surface area (Å²) in [5.74, 6) is 0.434. The Morgan fingerprint density at radius 2 is 1.90 bits per heavy atom. The Balaban J connectivity index is 1.68. The van der Waals surface area contributed by atoms with Gasteiger partial charge in [0.15, 0.2) is 0 Å². The van der Waals surface area contributed by atoms with Crippen molar-refractivity contribution in [2.75, 3.05) is 0 Å². The van der Waals surface area contributed by atoms with Crippen LogP contribution in [0.4, 0.5) is 8.78 Å². The van der Waals surface area contributed by atoms with Crippen molar-refractivity contribution in [3.8, 4) is 0 Å². The molecule has 0 aromatic carbocycles. The van der Waals surface area contributed by atoms with Gasteiger partial charge in [-0.1, -0.05) is 0 Å². The van der Waals surface area contributed by atoms with E-state index in [-0.39, 0.29) is 30.1 Å². The van der Waals surface area contributed by atoms with Crippen LogP contribution in [0.2, 0.25) is 5.82 Å². The predicted molar refractivity (Wildman–Crippen MR) is 70.7 cm³/mol. The Hall–Kier alpha value is -0.945. The van der Waals surface area contributed by atoms with E-state index in [0.717, 1.165) is 12.0 Å². The van der Waals surface area contributed by atoms with E-state index in [1.54, 1.807) is 0 Å². The molecular weight excluding hydrogens is 265 g/mol. The van der Waals surface area contributed by atoms with E-state index in [4.69, 9.17) is 9.31 Å². The van der Waals surface area contributed by atoms with Gasteiger partial charge in [-0.05, 0) is 45.6 Å². The van der Waals surface area contributed by atoms with Crippen LogP contribution in [-0.2, 0) is 9.31 Å². The molecule has 1 aromatic rings. The van der Waals surface area contributed by atoms with Crippen molar-refractivity contribution in [2.24, 2.45) is 0 Å². The molecule has 0 bridgehead atoms. The Kier molecular flexibility index (Phi) is 2.99. The molecule has 1 saturated carbocycles. The van der Waals surface area contributed by atoms with Crippen molar-refractivity contribution in [3.05, 3.63) is 18.0 Å². The highest BCUT2D eigenvalue weighted by Gasteiger charge is 2.60. The van der Waals surface area contributed by atoms with Crippen LogP contribution >= 0.6 is 0 Å². The standard InChI is InChI=1S/C13H19BF2N2O2/c1-12(2)13(3,4)20-14(19-12)10-5-9(10)8-6-17-18(7-8)11(15)16/h6-7,9-11H,5H2,1-4H3/t9-,10+/m0/s1. The minimum absolute atomic E-state index is 0.206. The first-order valence-corrected chi connectivity index (χ1v) is 6.89. The summed E-state index contributed by atoms with van der Waals surface area (Å²) in [6.07, 6.45) is 3.83. The van der Waals surface area contributed by atoms with Gasteiger partial charge in [0.05, 0.1) is 17.4 Å². The second-order valence-electron chi connectivity index (χ2n) is 6.66. The van der Waals surface area contributed by atoms with Crippen LogP contribution in [0.25, 0.3) is 0 Å². The van der Waals surface area contributed by atoms with Gasteiger partial charge in [-0.25, -0.2) is 4.68 Å². The summed E-state index contributed by atoms with van der Waals surface area (Å²) in [5, 5.41) is 3.68. The van der Waals surface area contributed by atoms with E-state index in [0.29, 0.717) is 4.68 Å². The van der Waals surface area contributed by atoms with Crippen LogP contribution in [0.5, 0.6) is 0 Å². The highest BCUT2D eigenvalue weighted by atomic mass is 19.3. The molecule has 2 atom stereocenters. The molecule has 1 saturated heterocycles. The fraction of sp³-hybridized carbons (Fsp3) is 0.769. The maximum Gasteiger partial charge on any atom is 0.461 e. The molecule has 2 fully saturated rings. The summed E-state index contributed by atoms with van der Waals surface area (Å²) >= 11 is 0. The van der Waals surface area contributed by atoms with Crippen molar-refractivity contribution >= 4 is 7.12 Å². The van der Waals surface area contributed by atoms with Gasteiger partial charge in [0, 0.05) is 12.0 Å². The lowest BCUT2D eigenvalue weighted by atomic mass is 9.80. The monoisotopic (exact) mass is 284 g/mol. The van der Waals surface area contributed by atoms with Gasteiger partial charge in [0.2, 0.25) is 0 Å². The molecule has 110 valence electrons. The average Bonchev–Trinajstić information content (AvgIpc) is 2.89. The molecule has 0 spiro atoms. The lowest BCUT2D eigenvalue weighted by molar-refractivity contribution is 0.00578. The summed E-state index contributed by atoms with van der Waals surface area (Å²) in [5.41, 5.74) is 0.139. The molecule has 20 heavy (non-hydrogen) atoms. The molecule has 7 heteroatoms. The predicted octanol–water partition coefficient (Wildman–Crippen LogP) is 3.23. The fourth-order valence-electron chi connectivity index (χ4n) is 2.61. The third-order valence-corrected chi connectivity index (χ3v) is 4.71. The van der Waals surface area contributed by atoms with Gasteiger partial charge in [-0.15, -0.1) is 0 Å². The van der Waals surface area contributed by atoms with E-state index in [1.807, 2.05) is 27.7 Å². The first kappa shape index (κ1) is 14.0. The van der Waals surface area contributed by atoms with Crippen molar-refractivity contribution in [3.63, 3.8) is 0 Å². The Bertz CT molecular complexity index is 502. The van der Waals surface area contributed by atoms with Gasteiger partial charge >= 0.3 is 13.7 Å². The highest BCUT2D eigenvalue weighted by molar-refractivity contribution is 6.49. The second kappa shape index (κ2) is 4.27. The molecular formula is C13H19BF2N2O2. The van der Waals surface area contributed by atoms with Gasteiger partial charge in [-0.3, -0.25) is 0 Å². The smallest absolute Gasteiger partial charge is 0.403 e. The molecule has 0 amide bonds. The molecule has 1 aromatic heterocycles. The van der Waals surface area contributed by atoms with Gasteiger partial charge in [0.25, 0.3) is 0 Å². The van der Waals surface area contributed by atoms with E-state index in [2.05, 4.69) is 5.10 Å². The van der Waals surface area contributed by atoms with Gasteiger partial charge in [0.1, 0.15) is 0 Å². The van der Waals surface area contributed by atoms with E-state index in [1.165, 1.54) is 12.4 Å². The van der Waals surface area contributed by atoms with Crippen LogP contribution in [0.15, 0.2) is 12.4 Å². The summed E-state index contributed by atoms with van der Waals surface area (Å²) in [6, 6.07) is 0. The SMILES string of the molecule is CC1(C)OB([C@@H]2C[C@H]2c2cnn(C(F)F)c2)OC1(C)C. The molecule has 0 unspecified atom stereocenters. The quantitative estimate of drug-likeness (QED) is 0.799. The van der Waals surface area contributed by atoms with Gasteiger partial charge < -0.3 is 9.31 Å². The topological polar surface area (TPSA) is 36.3 Å². The number of hydrogen-bond donors (Lipinski definition) is 0. The minimum atomic E-state index is -2.59. The number of rotatable bonds is 3. The van der Waals surface area contributed by atoms with Crippen molar-refractivity contribution in [2.45, 2.75) is 63.6 Å². The molecule has 3 rings (SSSR count). The van der Waals surface area contributed by atoms with E-state index < -0.39 is 6.55 Å². The molecule has 4 nitrogen and oxygen atoms in total. The average molecular weight is 284 g/mol. The molecule has 1 aliphatic heterocycles. The third kappa shape index (κ3) is 2.17. The Morgan fingerprint density at radius 1 is 1.30 bits per heavy atom. The van der Waals surface area contributed by atoms with Crippen LogP contribution in [0, 0.1) is 0 Å². The van der Waals surface area contributed by atoms with Crippen LogP contribution < -0.4 is 0 Å². The van der Waals surface area contributed by atoms with Crippen molar-refractivity contribution in [1.82, 2.24) is 9.78 Å². The lowest BCUT2D eigenvalue weighted by Crippen LogP contribution is -2.41. The molecule has 0 N–H and O–H groups in total. The maximum absolute atomic E-state index is 12.5. The summed E-state index contributed by atoms with van der Waals surface area (Å²) in [4.78, 5) is 0. The van der Waals surface area contributed by atoms with Crippen LogP contribution in [0.1, 0.15) is 52.1 Å². The summed E-state index contributed by atoms with van der Waals surface area (Å²) in [7, 11) is -0.264. The van der Waals surface area contributed by atoms with Gasteiger partial charge in [-0.2, -0.15) is 13.9 Å². The number of nitrogens with zero attached hydrogens (tertiary/aromatic N) is 2. The van der Waals surface area contributed by atoms with Crippen LogP contribution in [-0.4, -0.2) is 28.1 Å². The first-order valence-electron chi connectivity index (χ1n) is 6.89. The van der Waals surface area contributed by atoms with E-state index >= 15 is 0 Å². The molecule has 2 heterocycles. The van der Waals surface area contributed by atoms with E-state index in [9.17, 15) is 8.78 Å². The van der Waals surface area contributed by atoms with Crippen LogP contribution in [0.3, 0.4) is 0 Å². The number of aromatic nitrogens is 2. The zero-order chi connectivity index (χ0) is 14.7. The second-order valence-corrected chi connectivity index (χ2v) is 6.66. The molecule has 1 aliphatic carbocycles. The molecule has 2 aliphatic rings. The lowest BCUT2D eigenvalue weighted by Gasteiger charge is -2.32. The maximum atomic E-state index is 12.5. The molecule has 0 radical (unpaired) electrons. The Morgan fingerprint density at radius 3 is 2.40 bits per heavy atom. The first-order chi connectivity index (χ1) is 9.21. The largest absolute Gasteiger partial charge is 0.461 e. The zero-order valence-electron chi connectivity index (χ0n) is 12.1. The van der Waals surface area contributed by atoms with Crippen molar-refractivity contribution in [1.29, 1.82) is 0 Å². The minimum Gasteiger partial charge on any atom is -0.403 e. The summed E-state index contributed by atoms with van der Waals surface area (Å²) in [6.45, 7) is 5.47. The zero-order valence-corrected chi connectivity index (χ0v) is 12.1. The number of halogens is 2. The fourth-order valence-corrected chi connectivity index (χ4v) is 2.61. The Labute approximate surface area is 117 Å². The number of alkyl halides is 2. The van der Waals surface area contributed by atoms with Crippen molar-refractivity contribution < 1.29 is 18.1 Å². The normalized spacial score (nSPS) is 31.1. The summed E-state index contributed by atoms with van der Waals surface area (Å²) < 4.78 is 37.7. The highest BCUT2D eigenvalue weighted by Crippen LogP contribution is 2.58. The third-order valence-electron chi connectivity index (χ3n) is 4.71.